The number of rotatable bonds is 34. The van der Waals surface area contributed by atoms with Gasteiger partial charge >= 0.3 is 11.9 Å². The number of phenolic OH excluding ortho intramolecular Hbond substituents is 2. The molecule has 11 N–H and O–H groups in total. The van der Waals surface area contributed by atoms with E-state index in [1.165, 1.54) is 113 Å². The molecule has 0 saturated carbocycles. The molecule has 2 aromatic heterocycles. The van der Waals surface area contributed by atoms with E-state index in [1.807, 2.05) is 0 Å². The van der Waals surface area contributed by atoms with Crippen molar-refractivity contribution >= 4 is 171 Å². The summed E-state index contributed by atoms with van der Waals surface area (Å²) in [4.78, 5) is 73.5. The zero-order chi connectivity index (χ0) is 74.8. The van der Waals surface area contributed by atoms with Gasteiger partial charge in [0, 0.05) is 46.5 Å². The number of amides is 1. The van der Waals surface area contributed by atoms with E-state index in [0.29, 0.717) is 41.1 Å². The van der Waals surface area contributed by atoms with Crippen LogP contribution < -0.4 is 37.2 Å². The van der Waals surface area contributed by atoms with Gasteiger partial charge in [0.25, 0.3) is 26.1 Å². The Morgan fingerprint density at radius 1 is 0.457 bits per heavy atom. The van der Waals surface area contributed by atoms with Gasteiger partial charge in [-0.25, -0.2) is 19.4 Å². The highest BCUT2D eigenvalue weighted by atomic mass is 32.2. The van der Waals surface area contributed by atoms with Crippen LogP contribution in [0.4, 0.5) is 86.9 Å². The molecule has 0 bridgehead atoms. The second-order valence-corrected chi connectivity index (χ2v) is 25.7. The Kier molecular flexibility index (Phi) is 25.5. The summed E-state index contributed by atoms with van der Waals surface area (Å²) in [5.74, 6) is -3.68. The molecule has 0 aliphatic heterocycles. The third-order valence-electron chi connectivity index (χ3n) is 14.1. The number of aliphatic hydroxyl groups is 2. The number of azo groups is 2. The first-order valence-electron chi connectivity index (χ1n) is 30.1. The van der Waals surface area contributed by atoms with E-state index in [1.54, 1.807) is 36.4 Å². The summed E-state index contributed by atoms with van der Waals surface area (Å²) in [7, 11) is -2.17. The smallest absolute Gasteiger partial charge is 0.337 e. The van der Waals surface area contributed by atoms with Crippen LogP contribution >= 0.6 is 24.1 Å². The van der Waals surface area contributed by atoms with Gasteiger partial charge in [0.05, 0.1) is 133 Å². The summed E-state index contributed by atoms with van der Waals surface area (Å²) in [5, 5.41) is 90.6. The van der Waals surface area contributed by atoms with Crippen LogP contribution in [0.2, 0.25) is 0 Å². The fraction of sp³-hybridized carbons (Fsp3) is 0.159. The summed E-state index contributed by atoms with van der Waals surface area (Å²) < 4.78 is 82.8. The number of ether oxygens (including phenoxy) is 2. The number of phenols is 2. The van der Waals surface area contributed by atoms with Gasteiger partial charge in [-0.2, -0.15) is 57.0 Å². The summed E-state index contributed by atoms with van der Waals surface area (Å²) in [5.41, 5.74) is 1.38. The quantitative estimate of drug-likeness (QED) is 0.00339. The van der Waals surface area contributed by atoms with Crippen LogP contribution in [0.25, 0.3) is 21.5 Å². The minimum absolute atomic E-state index is 0.0157. The van der Waals surface area contributed by atoms with Gasteiger partial charge in [0.1, 0.15) is 11.4 Å². The van der Waals surface area contributed by atoms with Crippen molar-refractivity contribution in [3.8, 4) is 11.5 Å². The number of aromatic nitrogens is 6. The minimum Gasteiger partial charge on any atom is -0.505 e. The van der Waals surface area contributed by atoms with Gasteiger partial charge in [-0.3, -0.25) is 13.2 Å². The number of nitrogens with one attached hydrogen (secondary N) is 7. The van der Waals surface area contributed by atoms with Crippen molar-refractivity contribution in [3.05, 3.63) is 150 Å². The van der Waals surface area contributed by atoms with Crippen LogP contribution in [0, 0.1) is 0 Å². The lowest BCUT2D eigenvalue weighted by molar-refractivity contribution is -0.447. The Balaban J connectivity index is 0.887. The van der Waals surface area contributed by atoms with Crippen molar-refractivity contribution in [2.45, 2.75) is 19.6 Å². The highest BCUT2D eigenvalue weighted by Gasteiger charge is 2.27. The lowest BCUT2D eigenvalue weighted by atomic mass is 10.1. The SMILES string of the molecule is COOOSc1cc2cc(S(=O)(=O)OC)cc(Nc3nc(NCCO)nc(Nc4ccc(NC(=O)c5ccc(Nc6nc(NCCO)nc(Nc7cc(S(=O)(=O)OC)cc8cc(SOOOC)c(N=Nc9cccc(C(=O)OC)c9)c(O)c78)n6)cc5)cc4)n3)c2c(O)c1N=Nc1cccc(C(=O)OC)c1. The Morgan fingerprint density at radius 3 is 1.24 bits per heavy atom. The van der Waals surface area contributed by atoms with E-state index in [2.05, 4.69) is 107 Å². The first-order chi connectivity index (χ1) is 50.7. The second-order valence-electron chi connectivity index (χ2n) is 20.8. The first kappa shape index (κ1) is 76.2. The number of carbonyl (C=O) groups is 3. The molecule has 105 heavy (non-hydrogen) atoms. The van der Waals surface area contributed by atoms with Crippen LogP contribution in [-0.4, -0.2) is 154 Å². The van der Waals surface area contributed by atoms with Gasteiger partial charge in [-0.1, -0.05) is 22.2 Å². The van der Waals surface area contributed by atoms with Crippen LogP contribution in [0.15, 0.2) is 173 Å². The zero-order valence-electron chi connectivity index (χ0n) is 55.4. The summed E-state index contributed by atoms with van der Waals surface area (Å²) in [6.07, 6.45) is 0. The molecule has 0 aliphatic rings. The Bertz CT molecular complexity index is 5170. The number of aromatic hydroxyl groups is 2. The van der Waals surface area contributed by atoms with Crippen molar-refractivity contribution in [1.29, 1.82) is 0 Å². The molecule has 42 heteroatoms. The van der Waals surface area contributed by atoms with E-state index >= 15 is 0 Å². The number of esters is 2. The number of hydrogen-bond donors (Lipinski definition) is 11. The van der Waals surface area contributed by atoms with E-state index in [4.69, 9.17) is 26.5 Å². The summed E-state index contributed by atoms with van der Waals surface area (Å²) in [6, 6.07) is 32.0. The van der Waals surface area contributed by atoms with Gasteiger partial charge in [0.15, 0.2) is 11.5 Å². The Hall–Kier alpha value is -11.5. The molecule has 0 aliphatic carbocycles. The molecule has 0 unspecified atom stereocenters. The average molecular weight is 1520 g/mol. The Labute approximate surface area is 603 Å². The van der Waals surface area contributed by atoms with Crippen molar-refractivity contribution in [2.24, 2.45) is 20.5 Å². The van der Waals surface area contributed by atoms with Gasteiger partial charge in [-0.15, -0.1) is 18.9 Å². The van der Waals surface area contributed by atoms with Gasteiger partial charge < -0.3 is 67.1 Å². The molecule has 38 nitrogen and oxygen atoms in total. The topological polar surface area (TPSA) is 504 Å². The van der Waals surface area contributed by atoms with Crippen molar-refractivity contribution in [1.82, 2.24) is 29.9 Å². The molecule has 546 valence electrons. The van der Waals surface area contributed by atoms with E-state index in [-0.39, 0.29) is 154 Å². The number of aliphatic hydroxyl groups excluding tert-OH is 2. The number of fused-ring (bicyclic) bond motifs is 2. The molecule has 2 heterocycles. The predicted molar refractivity (Wildman–Crippen MR) is 378 cm³/mol. The Morgan fingerprint density at radius 2 is 0.848 bits per heavy atom. The number of nitrogens with zero attached hydrogens (tertiary/aromatic N) is 10. The fourth-order valence-electron chi connectivity index (χ4n) is 9.43. The van der Waals surface area contributed by atoms with Crippen molar-refractivity contribution < 1.29 is 98.0 Å². The standard InChI is InChI=1S/C63H59N17O21S4/c1-92-56(86)34-9-7-11-41(25-34)77-79-51-47(102-100-98-94-3)29-36-27-43(104(88,89)96-5)31-45(49(36)53(51)83)69-62-73-58(64-21-23-81)71-60(75-62)67-39-15-13-33(14-16-39)55(85)66-38-17-19-40(20-18-38)68-61-72-59(65-22-24-82)74-63(76-61)70-46-32-44(105(90,91)97-6)28-37-30-48(103-101-99-95-4)52(54(84)50(37)46)80-78-42-12-8-10-35(26-42)57(87)93-2/h7-20,25-32,81-84H,21-24H2,1-6H3,(H,66,85)(H3,64,67,69,71,73,75)(H3,65,68,70,72,74,76). The third kappa shape index (κ3) is 19.2. The number of hydrogen-bond acceptors (Lipinski definition) is 39. The number of methoxy groups -OCH3 is 2. The van der Waals surface area contributed by atoms with Crippen LogP contribution in [-0.2, 0) is 66.6 Å². The first-order valence-corrected chi connectivity index (χ1v) is 34.4. The van der Waals surface area contributed by atoms with Crippen molar-refractivity contribution in [2.75, 3.05) is 106 Å². The van der Waals surface area contributed by atoms with E-state index in [0.717, 1.165) is 26.4 Å². The third-order valence-corrected chi connectivity index (χ3v) is 17.9. The predicted octanol–water partition coefficient (Wildman–Crippen LogP) is 10.9. The van der Waals surface area contributed by atoms with Crippen LogP contribution in [0.1, 0.15) is 31.1 Å². The molecule has 0 radical (unpaired) electrons. The van der Waals surface area contributed by atoms with E-state index < -0.39 is 49.6 Å². The largest absolute Gasteiger partial charge is 0.505 e. The molecule has 8 aromatic carbocycles. The maximum atomic E-state index is 13.7. The van der Waals surface area contributed by atoms with Crippen molar-refractivity contribution in [3.63, 3.8) is 0 Å². The fourth-order valence-corrected chi connectivity index (χ4v) is 12.0. The number of carbonyl (C=O) groups excluding carboxylic acids is 3. The second kappa shape index (κ2) is 35.1. The molecular formula is C63H59N17O21S4. The normalized spacial score (nSPS) is 11.7. The highest BCUT2D eigenvalue weighted by molar-refractivity contribution is 7.95. The number of benzene rings is 8. The van der Waals surface area contributed by atoms with Crippen LogP contribution in [0.3, 0.4) is 0 Å². The molecule has 0 spiro atoms. The lowest BCUT2D eigenvalue weighted by Gasteiger charge is -2.16. The van der Waals surface area contributed by atoms with Gasteiger partial charge in [-0.05, 0) is 132 Å². The highest BCUT2D eigenvalue weighted by Crippen LogP contribution is 2.50. The molecular weight excluding hydrogens is 1460 g/mol. The molecule has 1 amide bonds. The molecule has 0 saturated heterocycles. The van der Waals surface area contributed by atoms with E-state index in [9.17, 15) is 51.6 Å². The molecule has 0 fully saturated rings. The monoisotopic (exact) mass is 1520 g/mol. The van der Waals surface area contributed by atoms with Crippen LogP contribution in [0.5, 0.6) is 11.5 Å². The summed E-state index contributed by atoms with van der Waals surface area (Å²) >= 11 is 1.05. The zero-order valence-corrected chi connectivity index (χ0v) is 58.6. The molecule has 10 rings (SSSR count). The summed E-state index contributed by atoms with van der Waals surface area (Å²) in [6.45, 7) is -0.704. The number of anilines is 11. The average Bonchev–Trinajstić information content (AvgIpc) is 0.760. The van der Waals surface area contributed by atoms with Gasteiger partial charge in [0.2, 0.25) is 35.7 Å². The molecule has 10 aromatic rings. The molecule has 0 atom stereocenters. The minimum atomic E-state index is -4.43. The maximum Gasteiger partial charge on any atom is 0.337 e. The lowest BCUT2D eigenvalue weighted by Crippen LogP contribution is -2.13. The maximum absolute atomic E-state index is 13.7.